The third kappa shape index (κ3) is 7.55. The number of pyridine rings is 3. The van der Waals surface area contributed by atoms with Crippen LogP contribution in [0.2, 0.25) is 0 Å². The number of nitrogens with zero attached hydrogens (tertiary/aromatic N) is 3. The first-order chi connectivity index (χ1) is 20.0. The van der Waals surface area contributed by atoms with Gasteiger partial charge in [-0.2, -0.15) is 0 Å². The number of fused-ring (bicyclic) bond motifs is 3. The van der Waals surface area contributed by atoms with Crippen molar-refractivity contribution in [3.8, 4) is 17.2 Å². The molecule has 0 bridgehead atoms. The van der Waals surface area contributed by atoms with Gasteiger partial charge in [0.25, 0.3) is 0 Å². The zero-order valence-corrected chi connectivity index (χ0v) is 24.3. The SMILES string of the molecule is O=C(O)c1ccc2cccc(O)c2n1.O=C(O)c1ccc2cccc(O)c2n1.O=C(O)c1ccc2cccc(O)c2n1.[Os]. The van der Waals surface area contributed by atoms with Gasteiger partial charge in [0, 0.05) is 35.9 Å². The van der Waals surface area contributed by atoms with Gasteiger partial charge in [0.2, 0.25) is 0 Å². The van der Waals surface area contributed by atoms with Crippen molar-refractivity contribution >= 4 is 50.6 Å². The number of aromatic hydroxyl groups is 3. The van der Waals surface area contributed by atoms with Crippen LogP contribution in [0.25, 0.3) is 32.7 Å². The van der Waals surface area contributed by atoms with Gasteiger partial charge in [-0.25, -0.2) is 29.3 Å². The van der Waals surface area contributed by atoms with Gasteiger partial charge in [-0.05, 0) is 36.4 Å². The number of para-hydroxylation sites is 3. The zero-order valence-electron chi connectivity index (χ0n) is 21.8. The molecule has 0 amide bonds. The maximum absolute atomic E-state index is 10.6. The summed E-state index contributed by atoms with van der Waals surface area (Å²) in [6.45, 7) is 0. The summed E-state index contributed by atoms with van der Waals surface area (Å²) in [5, 5.41) is 56.5. The van der Waals surface area contributed by atoms with Gasteiger partial charge in [-0.1, -0.05) is 54.6 Å². The first kappa shape index (κ1) is 31.9. The van der Waals surface area contributed by atoms with Crippen molar-refractivity contribution in [2.45, 2.75) is 0 Å². The summed E-state index contributed by atoms with van der Waals surface area (Å²) in [4.78, 5) is 43.3. The number of rotatable bonds is 3. The van der Waals surface area contributed by atoms with Gasteiger partial charge in [-0.3, -0.25) is 0 Å². The van der Waals surface area contributed by atoms with Crippen LogP contribution in [0.3, 0.4) is 0 Å². The van der Waals surface area contributed by atoms with Crippen LogP contribution in [0.15, 0.2) is 91.0 Å². The minimum absolute atomic E-state index is 0. The van der Waals surface area contributed by atoms with Crippen molar-refractivity contribution in [3.63, 3.8) is 0 Å². The number of carboxylic acids is 3. The van der Waals surface area contributed by atoms with Crippen molar-refractivity contribution in [2.75, 3.05) is 0 Å². The Balaban J connectivity index is 0.000000175. The molecule has 0 aliphatic rings. The number of phenolic OH excluding ortho intramolecular Hbond substituents is 3. The van der Waals surface area contributed by atoms with Crippen LogP contribution in [0.5, 0.6) is 17.2 Å². The fourth-order valence-electron chi connectivity index (χ4n) is 3.75. The van der Waals surface area contributed by atoms with Gasteiger partial charge < -0.3 is 30.6 Å². The van der Waals surface area contributed by atoms with Crippen molar-refractivity contribution in [3.05, 3.63) is 108 Å². The zero-order chi connectivity index (χ0) is 30.4. The second-order valence-corrected chi connectivity index (χ2v) is 8.55. The standard InChI is InChI=1S/3C10H7NO3.Os/c3*12-8-3-1-2-6-4-5-7(10(13)14)11-9(6)8;/h3*1-5,12H,(H,13,14);. The van der Waals surface area contributed by atoms with Crippen LogP contribution in [0, 0.1) is 0 Å². The third-order valence-electron chi connectivity index (χ3n) is 5.75. The van der Waals surface area contributed by atoms with Crippen molar-refractivity contribution in [2.24, 2.45) is 0 Å². The van der Waals surface area contributed by atoms with Gasteiger partial charge >= 0.3 is 17.9 Å². The summed E-state index contributed by atoms with van der Waals surface area (Å²) in [5.41, 5.74) is 0.726. The predicted molar refractivity (Wildman–Crippen MR) is 151 cm³/mol. The van der Waals surface area contributed by atoms with E-state index in [1.54, 1.807) is 54.6 Å². The Labute approximate surface area is 255 Å². The maximum atomic E-state index is 10.6. The van der Waals surface area contributed by atoms with E-state index in [-0.39, 0.29) is 54.1 Å². The van der Waals surface area contributed by atoms with Gasteiger partial charge in [-0.15, -0.1) is 0 Å². The molecule has 6 N–H and O–H groups in total. The molecule has 0 atom stereocenters. The number of carbonyl (C=O) groups is 3. The molecule has 218 valence electrons. The maximum Gasteiger partial charge on any atom is 0.354 e. The van der Waals surface area contributed by atoms with Gasteiger partial charge in [0.1, 0.15) is 50.9 Å². The second-order valence-electron chi connectivity index (χ2n) is 8.55. The van der Waals surface area contributed by atoms with Crippen LogP contribution >= 0.6 is 0 Å². The molecule has 0 radical (unpaired) electrons. The van der Waals surface area contributed by atoms with Crippen molar-refractivity contribution < 1.29 is 64.8 Å². The molecule has 0 saturated heterocycles. The predicted octanol–water partition coefficient (Wildman–Crippen LogP) is 4.91. The number of aromatic nitrogens is 3. The normalized spacial score (nSPS) is 10.0. The minimum Gasteiger partial charge on any atom is -0.506 e. The molecule has 43 heavy (non-hydrogen) atoms. The summed E-state index contributed by atoms with van der Waals surface area (Å²) in [6.07, 6.45) is 0. The number of hydrogen-bond donors (Lipinski definition) is 6. The molecule has 6 aromatic rings. The third-order valence-corrected chi connectivity index (χ3v) is 5.75. The molecule has 3 heterocycles. The first-order valence-corrected chi connectivity index (χ1v) is 12.0. The quantitative estimate of drug-likeness (QED) is 0.142. The Hall–Kier alpha value is -5.66. The van der Waals surface area contributed by atoms with E-state index in [0.29, 0.717) is 16.6 Å². The summed E-state index contributed by atoms with van der Waals surface area (Å²) >= 11 is 0. The van der Waals surface area contributed by atoms with Crippen LogP contribution in [0.4, 0.5) is 0 Å². The summed E-state index contributed by atoms with van der Waals surface area (Å²) in [5.74, 6) is -3.33. The molecule has 0 unspecified atom stereocenters. The van der Waals surface area contributed by atoms with Crippen LogP contribution in [0.1, 0.15) is 31.5 Å². The summed E-state index contributed by atoms with van der Waals surface area (Å²) in [7, 11) is 0. The van der Waals surface area contributed by atoms with E-state index in [1.807, 2.05) is 0 Å². The molecule has 0 aliphatic heterocycles. The monoisotopic (exact) mass is 759 g/mol. The largest absolute Gasteiger partial charge is 0.506 e. The molecule has 12 nitrogen and oxygen atoms in total. The molecule has 0 saturated carbocycles. The molecule has 6 rings (SSSR count). The minimum atomic E-state index is -1.10. The Kier molecular flexibility index (Phi) is 10.2. The van der Waals surface area contributed by atoms with Crippen LogP contribution < -0.4 is 0 Å². The van der Waals surface area contributed by atoms with E-state index in [0.717, 1.165) is 16.2 Å². The number of hydrogen-bond acceptors (Lipinski definition) is 9. The van der Waals surface area contributed by atoms with E-state index in [4.69, 9.17) is 15.3 Å². The summed E-state index contributed by atoms with van der Waals surface area (Å²) in [6, 6.07) is 23.8. The molecule has 0 spiro atoms. The van der Waals surface area contributed by atoms with E-state index in [9.17, 15) is 29.7 Å². The number of aromatic carboxylic acids is 3. The van der Waals surface area contributed by atoms with Gasteiger partial charge in [0.05, 0.1) is 0 Å². The fraction of sp³-hybridized carbons (Fsp3) is 0. The summed E-state index contributed by atoms with van der Waals surface area (Å²) < 4.78 is 0. The number of benzene rings is 3. The number of carboxylic acid groups (broad SMARTS) is 3. The molecular weight excluding hydrogens is 737 g/mol. The molecular formula is C30H21N3O9Os. The Morgan fingerprint density at radius 3 is 0.907 bits per heavy atom. The Morgan fingerprint density at radius 1 is 0.419 bits per heavy atom. The first-order valence-electron chi connectivity index (χ1n) is 12.0. The Bertz CT molecular complexity index is 1760. The smallest absolute Gasteiger partial charge is 0.354 e. The van der Waals surface area contributed by atoms with Crippen LogP contribution in [-0.4, -0.2) is 63.5 Å². The van der Waals surface area contributed by atoms with E-state index in [2.05, 4.69) is 15.0 Å². The molecule has 3 aromatic carbocycles. The topological polar surface area (TPSA) is 211 Å². The van der Waals surface area contributed by atoms with Crippen molar-refractivity contribution in [1.29, 1.82) is 0 Å². The van der Waals surface area contributed by atoms with E-state index in [1.165, 1.54) is 36.4 Å². The van der Waals surface area contributed by atoms with E-state index >= 15 is 0 Å². The Morgan fingerprint density at radius 2 is 0.674 bits per heavy atom. The van der Waals surface area contributed by atoms with Gasteiger partial charge in [0.15, 0.2) is 0 Å². The molecule has 0 aliphatic carbocycles. The molecule has 3 aromatic heterocycles. The average Bonchev–Trinajstić information content (AvgIpc) is 2.98. The second kappa shape index (κ2) is 13.8. The fourth-order valence-corrected chi connectivity index (χ4v) is 3.75. The van der Waals surface area contributed by atoms with Crippen LogP contribution in [-0.2, 0) is 19.8 Å². The van der Waals surface area contributed by atoms with Crippen molar-refractivity contribution in [1.82, 2.24) is 15.0 Å². The number of phenols is 3. The van der Waals surface area contributed by atoms with E-state index < -0.39 is 17.9 Å². The molecule has 0 fully saturated rings. The molecule has 13 heteroatoms. The average molecular weight is 758 g/mol.